The first-order chi connectivity index (χ1) is 13.3. The van der Waals surface area contributed by atoms with Gasteiger partial charge in [0, 0.05) is 40.9 Å². The van der Waals surface area contributed by atoms with Gasteiger partial charge in [-0.15, -0.1) is 0 Å². The van der Waals surface area contributed by atoms with Gasteiger partial charge in [-0.25, -0.2) is 9.97 Å². The second-order valence-corrected chi connectivity index (χ2v) is 7.21. The average Bonchev–Trinajstić information content (AvgIpc) is 3.45. The van der Waals surface area contributed by atoms with E-state index >= 15 is 0 Å². The Hall–Kier alpha value is -3.55. The summed E-state index contributed by atoms with van der Waals surface area (Å²) in [6.45, 7) is 3.64. The lowest BCUT2D eigenvalue weighted by molar-refractivity contribution is -0.117. The molecule has 4 rings (SSSR count). The van der Waals surface area contributed by atoms with Crippen molar-refractivity contribution in [3.63, 3.8) is 0 Å². The van der Waals surface area contributed by atoms with E-state index in [1.165, 1.54) is 0 Å². The molecule has 0 saturated heterocycles. The molecule has 1 fully saturated rings. The number of carbonyl (C=O) groups is 1. The Bertz CT molecular complexity index is 1120. The number of carbonyl (C=O) groups excluding carboxylic acids is 1. The summed E-state index contributed by atoms with van der Waals surface area (Å²) in [7, 11) is 0. The van der Waals surface area contributed by atoms with Crippen LogP contribution in [0.3, 0.4) is 0 Å². The third-order valence-corrected chi connectivity index (χ3v) is 5.21. The highest BCUT2D eigenvalue weighted by Gasteiger charge is 2.44. The molecule has 1 saturated carbocycles. The maximum Gasteiger partial charge on any atom is 0.229 e. The Balaban J connectivity index is 1.68. The number of amides is 1. The predicted molar refractivity (Wildman–Crippen MR) is 110 cm³/mol. The van der Waals surface area contributed by atoms with Crippen LogP contribution >= 0.6 is 0 Å². The van der Waals surface area contributed by atoms with Crippen LogP contribution in [0.1, 0.15) is 18.9 Å². The number of anilines is 3. The van der Waals surface area contributed by atoms with Crippen molar-refractivity contribution in [1.29, 1.82) is 5.41 Å². The van der Waals surface area contributed by atoms with Crippen molar-refractivity contribution in [2.75, 3.05) is 16.8 Å². The number of nitrogens with two attached hydrogens (primary N) is 2. The molecular weight excluding hydrogens is 354 g/mol. The van der Waals surface area contributed by atoms with E-state index < -0.39 is 0 Å². The van der Waals surface area contributed by atoms with Gasteiger partial charge in [-0.2, -0.15) is 0 Å². The van der Waals surface area contributed by atoms with Crippen molar-refractivity contribution in [3.8, 4) is 11.3 Å². The molecule has 0 bridgehead atoms. The summed E-state index contributed by atoms with van der Waals surface area (Å²) in [6, 6.07) is 3.66. The van der Waals surface area contributed by atoms with Crippen molar-refractivity contribution in [2.24, 2.45) is 11.8 Å². The fraction of sp³-hybridized carbons (Fsp3) is 0.250. The molecule has 1 aliphatic carbocycles. The van der Waals surface area contributed by atoms with Crippen LogP contribution in [0.25, 0.3) is 22.0 Å². The fourth-order valence-corrected chi connectivity index (χ4v) is 3.36. The highest BCUT2D eigenvalue weighted by molar-refractivity contribution is 6.01. The number of fused-ring (bicyclic) bond motifs is 1. The minimum Gasteiger partial charge on any atom is -0.397 e. The molecule has 3 heterocycles. The number of nitrogens with zero attached hydrogens (tertiary/aromatic N) is 3. The van der Waals surface area contributed by atoms with Gasteiger partial charge in [0.15, 0.2) is 0 Å². The van der Waals surface area contributed by atoms with Crippen molar-refractivity contribution in [1.82, 2.24) is 15.0 Å². The zero-order valence-corrected chi connectivity index (χ0v) is 15.7. The van der Waals surface area contributed by atoms with E-state index in [0.717, 1.165) is 22.9 Å². The van der Waals surface area contributed by atoms with Crippen LogP contribution in [-0.2, 0) is 4.79 Å². The summed E-state index contributed by atoms with van der Waals surface area (Å²) in [5.41, 5.74) is 15.6. The molecular formula is C20H21N7O. The molecule has 0 aliphatic heterocycles. The first-order valence-electron chi connectivity index (χ1n) is 8.97. The summed E-state index contributed by atoms with van der Waals surface area (Å²) < 4.78 is 0. The highest BCUT2D eigenvalue weighted by Crippen LogP contribution is 2.40. The van der Waals surface area contributed by atoms with Gasteiger partial charge in [-0.3, -0.25) is 9.78 Å². The Morgan fingerprint density at radius 3 is 2.71 bits per heavy atom. The number of rotatable bonds is 4. The molecule has 28 heavy (non-hydrogen) atoms. The summed E-state index contributed by atoms with van der Waals surface area (Å²) in [5, 5.41) is 12.0. The minimum atomic E-state index is -0.144. The van der Waals surface area contributed by atoms with Gasteiger partial charge in [0.25, 0.3) is 0 Å². The van der Waals surface area contributed by atoms with E-state index in [1.807, 2.05) is 13.0 Å². The zero-order valence-electron chi connectivity index (χ0n) is 15.7. The van der Waals surface area contributed by atoms with E-state index in [1.54, 1.807) is 31.6 Å². The molecule has 1 aliphatic rings. The van der Waals surface area contributed by atoms with Gasteiger partial charge in [-0.05, 0) is 43.4 Å². The largest absolute Gasteiger partial charge is 0.397 e. The topological polar surface area (TPSA) is 144 Å². The van der Waals surface area contributed by atoms with Gasteiger partial charge in [0.05, 0.1) is 17.6 Å². The van der Waals surface area contributed by atoms with E-state index in [9.17, 15) is 4.79 Å². The molecule has 3 aromatic rings. The lowest BCUT2D eigenvalue weighted by Crippen LogP contribution is -2.16. The number of aromatic nitrogens is 3. The second kappa shape index (κ2) is 6.56. The maximum atomic E-state index is 12.4. The summed E-state index contributed by atoms with van der Waals surface area (Å²) in [4.78, 5) is 25.2. The van der Waals surface area contributed by atoms with Crippen LogP contribution in [0.15, 0.2) is 30.7 Å². The van der Waals surface area contributed by atoms with E-state index in [2.05, 4.69) is 20.3 Å². The molecule has 8 nitrogen and oxygen atoms in total. The number of hydrogen-bond donors (Lipinski definition) is 4. The van der Waals surface area contributed by atoms with Crippen LogP contribution in [0.5, 0.6) is 0 Å². The van der Waals surface area contributed by atoms with E-state index in [0.29, 0.717) is 34.1 Å². The molecule has 2 atom stereocenters. The molecule has 6 N–H and O–H groups in total. The number of hydrogen-bond acceptors (Lipinski definition) is 7. The summed E-state index contributed by atoms with van der Waals surface area (Å²) >= 11 is 0. The van der Waals surface area contributed by atoms with Gasteiger partial charge < -0.3 is 22.2 Å². The Kier molecular flexibility index (Phi) is 4.18. The van der Waals surface area contributed by atoms with Crippen LogP contribution < -0.4 is 16.8 Å². The predicted octanol–water partition coefficient (Wildman–Crippen LogP) is 2.78. The van der Waals surface area contributed by atoms with Crippen LogP contribution in [-0.4, -0.2) is 26.6 Å². The first kappa shape index (κ1) is 17.8. The monoisotopic (exact) mass is 375 g/mol. The molecule has 8 heteroatoms. The van der Waals surface area contributed by atoms with Crippen molar-refractivity contribution >= 4 is 39.7 Å². The zero-order chi connectivity index (χ0) is 20.0. The summed E-state index contributed by atoms with van der Waals surface area (Å²) in [6.07, 6.45) is 5.63. The van der Waals surface area contributed by atoms with Gasteiger partial charge in [0.2, 0.25) is 5.91 Å². The normalized spacial score (nSPS) is 18.1. The molecule has 0 spiro atoms. The smallest absolute Gasteiger partial charge is 0.229 e. The standard InChI is InChI=1S/C20H21N7O/c1-9-14(6-24-8-16(9)22)17-3-11-4-18(25-7-15(11)19(23)26-17)27-20(28)13-5-12(13)10(2)21/h3-4,6-8,12-13,21H,5,22H2,1-2H3,(H2,23,26)(H,25,27,28)/t12-,13+/m1/s1. The summed E-state index contributed by atoms with van der Waals surface area (Å²) in [5.74, 6) is 0.590. The lowest BCUT2D eigenvalue weighted by Gasteiger charge is -2.11. The van der Waals surface area contributed by atoms with Gasteiger partial charge in [-0.1, -0.05) is 0 Å². The number of nitrogens with one attached hydrogen (secondary N) is 2. The molecule has 0 radical (unpaired) electrons. The van der Waals surface area contributed by atoms with Crippen LogP contribution in [0.4, 0.5) is 17.3 Å². The minimum absolute atomic E-state index is 0.0471. The molecule has 0 unspecified atom stereocenters. The van der Waals surface area contributed by atoms with Crippen molar-refractivity contribution < 1.29 is 4.79 Å². The maximum absolute atomic E-state index is 12.4. The number of pyridine rings is 3. The first-order valence-corrected chi connectivity index (χ1v) is 8.97. The van der Waals surface area contributed by atoms with E-state index in [4.69, 9.17) is 16.9 Å². The Morgan fingerprint density at radius 1 is 1.21 bits per heavy atom. The molecule has 0 aromatic carbocycles. The second-order valence-electron chi connectivity index (χ2n) is 7.21. The Morgan fingerprint density at radius 2 is 2.00 bits per heavy atom. The van der Waals surface area contributed by atoms with Crippen molar-refractivity contribution in [2.45, 2.75) is 20.3 Å². The Labute approximate surface area is 161 Å². The molecule has 142 valence electrons. The average molecular weight is 375 g/mol. The SMILES string of the molecule is CC(=N)[C@H]1C[C@@H]1C(=O)Nc1cc2cc(-c3cncc(N)c3C)nc(N)c2cn1. The molecule has 1 amide bonds. The number of nitrogen functional groups attached to an aromatic ring is 2. The highest BCUT2D eigenvalue weighted by atomic mass is 16.2. The van der Waals surface area contributed by atoms with Crippen molar-refractivity contribution in [3.05, 3.63) is 36.3 Å². The lowest BCUT2D eigenvalue weighted by atomic mass is 10.0. The fourth-order valence-electron chi connectivity index (χ4n) is 3.36. The van der Waals surface area contributed by atoms with Gasteiger partial charge in [0.1, 0.15) is 11.6 Å². The van der Waals surface area contributed by atoms with Crippen LogP contribution in [0, 0.1) is 24.2 Å². The third kappa shape index (κ3) is 3.13. The van der Waals surface area contributed by atoms with Crippen LogP contribution in [0.2, 0.25) is 0 Å². The molecule has 3 aromatic heterocycles. The van der Waals surface area contributed by atoms with E-state index in [-0.39, 0.29) is 17.7 Å². The third-order valence-electron chi connectivity index (χ3n) is 5.21. The quantitative estimate of drug-likeness (QED) is 0.516. The van der Waals surface area contributed by atoms with Gasteiger partial charge >= 0.3 is 0 Å².